The molecule has 0 spiro atoms. The van der Waals surface area contributed by atoms with Crippen LogP contribution in [-0.2, 0) is 6.54 Å². The molecule has 3 aromatic rings. The second-order valence-electron chi connectivity index (χ2n) is 6.40. The summed E-state index contributed by atoms with van der Waals surface area (Å²) in [6.07, 6.45) is 1.64. The Bertz CT molecular complexity index is 1000. The molecule has 0 fully saturated rings. The molecule has 0 atom stereocenters. The normalized spacial score (nSPS) is 11.3. The third-order valence-corrected chi connectivity index (χ3v) is 4.05. The molecule has 0 aromatic carbocycles. The number of carboxylic acid groups (broad SMARTS) is 1. The molecular weight excluding hydrogens is 336 g/mol. The standard InChI is InChI=1S/C18H20N4O4/c1-9(2)22-16-15(8-20-22)14(5-10(3)21-16)17(23)19-7-12-6-13(18(24)25)11(4)26-12/h5-6,8-9H,7H2,1-4H3,(H,19,23)(H,24,25). The number of aromatic carboxylic acids is 1. The van der Waals surface area contributed by atoms with Crippen molar-refractivity contribution in [3.8, 4) is 0 Å². The van der Waals surface area contributed by atoms with Gasteiger partial charge in [0.2, 0.25) is 0 Å². The summed E-state index contributed by atoms with van der Waals surface area (Å²) >= 11 is 0. The van der Waals surface area contributed by atoms with E-state index >= 15 is 0 Å². The zero-order chi connectivity index (χ0) is 19.0. The Morgan fingerprint density at radius 1 is 1.27 bits per heavy atom. The van der Waals surface area contributed by atoms with Crippen molar-refractivity contribution in [1.82, 2.24) is 20.1 Å². The number of aryl methyl sites for hydroxylation is 2. The zero-order valence-corrected chi connectivity index (χ0v) is 15.0. The number of nitrogens with one attached hydrogen (secondary N) is 1. The fourth-order valence-electron chi connectivity index (χ4n) is 2.81. The first-order valence-corrected chi connectivity index (χ1v) is 8.23. The summed E-state index contributed by atoms with van der Waals surface area (Å²) in [5.41, 5.74) is 1.94. The Balaban J connectivity index is 1.86. The minimum Gasteiger partial charge on any atom is -0.478 e. The highest BCUT2D eigenvalue weighted by Gasteiger charge is 2.18. The van der Waals surface area contributed by atoms with Gasteiger partial charge in [0, 0.05) is 11.7 Å². The van der Waals surface area contributed by atoms with Crippen LogP contribution in [0.4, 0.5) is 0 Å². The molecule has 3 aromatic heterocycles. The van der Waals surface area contributed by atoms with E-state index < -0.39 is 5.97 Å². The highest BCUT2D eigenvalue weighted by Crippen LogP contribution is 2.21. The third-order valence-electron chi connectivity index (χ3n) is 4.05. The fourth-order valence-corrected chi connectivity index (χ4v) is 2.81. The van der Waals surface area contributed by atoms with E-state index in [9.17, 15) is 9.59 Å². The van der Waals surface area contributed by atoms with Gasteiger partial charge in [0.1, 0.15) is 17.1 Å². The van der Waals surface area contributed by atoms with E-state index in [-0.39, 0.29) is 24.1 Å². The van der Waals surface area contributed by atoms with Crippen molar-refractivity contribution in [2.24, 2.45) is 0 Å². The number of nitrogens with zero attached hydrogens (tertiary/aromatic N) is 3. The average molecular weight is 356 g/mol. The summed E-state index contributed by atoms with van der Waals surface area (Å²) < 4.78 is 7.16. The van der Waals surface area contributed by atoms with Crippen LogP contribution < -0.4 is 5.32 Å². The van der Waals surface area contributed by atoms with Crippen LogP contribution >= 0.6 is 0 Å². The van der Waals surface area contributed by atoms with Gasteiger partial charge in [-0.2, -0.15) is 5.10 Å². The van der Waals surface area contributed by atoms with Gasteiger partial charge in [0.15, 0.2) is 5.65 Å². The number of fused-ring (bicyclic) bond motifs is 1. The molecular formula is C18H20N4O4. The lowest BCUT2D eigenvalue weighted by atomic mass is 10.1. The molecule has 0 aliphatic carbocycles. The summed E-state index contributed by atoms with van der Waals surface area (Å²) in [6, 6.07) is 3.25. The van der Waals surface area contributed by atoms with Gasteiger partial charge >= 0.3 is 5.97 Å². The van der Waals surface area contributed by atoms with Crippen LogP contribution in [0.3, 0.4) is 0 Å². The minimum absolute atomic E-state index is 0.0914. The zero-order valence-electron chi connectivity index (χ0n) is 15.0. The smallest absolute Gasteiger partial charge is 0.339 e. The molecule has 3 rings (SSSR count). The maximum atomic E-state index is 12.7. The van der Waals surface area contributed by atoms with E-state index in [1.165, 1.54) is 6.07 Å². The van der Waals surface area contributed by atoms with E-state index in [0.29, 0.717) is 33.8 Å². The molecule has 8 heteroatoms. The average Bonchev–Trinajstić information content (AvgIpc) is 3.15. The van der Waals surface area contributed by atoms with Crippen LogP contribution in [-0.4, -0.2) is 31.7 Å². The van der Waals surface area contributed by atoms with Crippen LogP contribution in [0, 0.1) is 13.8 Å². The molecule has 0 saturated carbocycles. The van der Waals surface area contributed by atoms with Gasteiger partial charge in [-0.15, -0.1) is 0 Å². The summed E-state index contributed by atoms with van der Waals surface area (Å²) in [5, 5.41) is 16.8. The monoisotopic (exact) mass is 356 g/mol. The Kier molecular flexibility index (Phi) is 4.50. The first-order valence-electron chi connectivity index (χ1n) is 8.23. The lowest BCUT2D eigenvalue weighted by Gasteiger charge is -2.09. The molecule has 0 aliphatic heterocycles. The van der Waals surface area contributed by atoms with Crippen molar-refractivity contribution in [2.45, 2.75) is 40.3 Å². The molecule has 26 heavy (non-hydrogen) atoms. The molecule has 3 heterocycles. The number of rotatable bonds is 5. The third kappa shape index (κ3) is 3.17. The molecule has 0 bridgehead atoms. The number of carboxylic acids is 1. The van der Waals surface area contributed by atoms with Crippen LogP contribution in [0.5, 0.6) is 0 Å². The maximum Gasteiger partial charge on any atom is 0.339 e. The van der Waals surface area contributed by atoms with Crippen LogP contribution in [0.1, 0.15) is 57.8 Å². The van der Waals surface area contributed by atoms with E-state index in [2.05, 4.69) is 15.4 Å². The van der Waals surface area contributed by atoms with E-state index in [4.69, 9.17) is 9.52 Å². The number of aromatic nitrogens is 3. The van der Waals surface area contributed by atoms with Gasteiger partial charge in [0.05, 0.1) is 23.7 Å². The van der Waals surface area contributed by atoms with Crippen molar-refractivity contribution in [3.05, 3.63) is 46.7 Å². The van der Waals surface area contributed by atoms with E-state index in [0.717, 1.165) is 0 Å². The second-order valence-corrected chi connectivity index (χ2v) is 6.40. The minimum atomic E-state index is -1.06. The fraction of sp³-hybridized carbons (Fsp3) is 0.333. The van der Waals surface area contributed by atoms with Crippen LogP contribution in [0.2, 0.25) is 0 Å². The Morgan fingerprint density at radius 3 is 2.62 bits per heavy atom. The quantitative estimate of drug-likeness (QED) is 0.727. The summed E-state index contributed by atoms with van der Waals surface area (Å²) in [7, 11) is 0. The van der Waals surface area contributed by atoms with Crippen molar-refractivity contribution in [3.63, 3.8) is 0 Å². The number of carbonyl (C=O) groups excluding carboxylic acids is 1. The number of hydrogen-bond acceptors (Lipinski definition) is 5. The number of pyridine rings is 1. The Morgan fingerprint density at radius 2 is 2.00 bits per heavy atom. The number of furan rings is 1. The lowest BCUT2D eigenvalue weighted by molar-refractivity contribution is 0.0694. The molecule has 0 aliphatic rings. The van der Waals surface area contributed by atoms with E-state index in [1.807, 2.05) is 20.8 Å². The molecule has 0 unspecified atom stereocenters. The first-order chi connectivity index (χ1) is 12.3. The van der Waals surface area contributed by atoms with Crippen molar-refractivity contribution in [1.29, 1.82) is 0 Å². The van der Waals surface area contributed by atoms with Gasteiger partial charge in [-0.1, -0.05) is 0 Å². The van der Waals surface area contributed by atoms with Gasteiger partial charge < -0.3 is 14.8 Å². The van der Waals surface area contributed by atoms with Crippen molar-refractivity contribution in [2.75, 3.05) is 0 Å². The highest BCUT2D eigenvalue weighted by atomic mass is 16.4. The van der Waals surface area contributed by atoms with E-state index in [1.54, 1.807) is 23.9 Å². The highest BCUT2D eigenvalue weighted by molar-refractivity contribution is 6.05. The second kappa shape index (κ2) is 6.62. The largest absolute Gasteiger partial charge is 0.478 e. The van der Waals surface area contributed by atoms with Crippen molar-refractivity contribution < 1.29 is 19.1 Å². The summed E-state index contributed by atoms with van der Waals surface area (Å²) in [4.78, 5) is 28.2. The number of hydrogen-bond donors (Lipinski definition) is 2. The number of amides is 1. The lowest BCUT2D eigenvalue weighted by Crippen LogP contribution is -2.23. The first kappa shape index (κ1) is 17.7. The molecule has 1 amide bonds. The molecule has 136 valence electrons. The Labute approximate surface area is 149 Å². The van der Waals surface area contributed by atoms with Crippen molar-refractivity contribution >= 4 is 22.9 Å². The molecule has 0 saturated heterocycles. The summed E-state index contributed by atoms with van der Waals surface area (Å²) in [6.45, 7) is 7.48. The predicted octanol–water partition coefficient (Wildman–Crippen LogP) is 2.85. The van der Waals surface area contributed by atoms with Crippen LogP contribution in [0.25, 0.3) is 11.0 Å². The van der Waals surface area contributed by atoms with Gasteiger partial charge in [-0.3, -0.25) is 4.79 Å². The topological polar surface area (TPSA) is 110 Å². The van der Waals surface area contributed by atoms with Gasteiger partial charge in [0.25, 0.3) is 5.91 Å². The maximum absolute atomic E-state index is 12.7. The SMILES string of the molecule is Cc1cc(C(=O)NCc2cc(C(=O)O)c(C)o2)c2cnn(C(C)C)c2n1. The molecule has 0 radical (unpaired) electrons. The Hall–Kier alpha value is -3.16. The summed E-state index contributed by atoms with van der Waals surface area (Å²) in [5.74, 6) is -0.665. The van der Waals surface area contributed by atoms with Gasteiger partial charge in [-0.25, -0.2) is 14.5 Å². The van der Waals surface area contributed by atoms with Crippen LogP contribution in [0.15, 0.2) is 22.7 Å². The number of carbonyl (C=O) groups is 2. The predicted molar refractivity (Wildman–Crippen MR) is 94.2 cm³/mol. The molecule has 2 N–H and O–H groups in total. The molecule has 8 nitrogen and oxygen atoms in total. The van der Waals surface area contributed by atoms with Gasteiger partial charge in [-0.05, 0) is 39.8 Å².